The highest BCUT2D eigenvalue weighted by molar-refractivity contribution is 5.09. The molecular weight excluding hydrogens is 949 g/mol. The van der Waals surface area contributed by atoms with E-state index < -0.39 is 18.3 Å². The molecule has 3 N–H and O–H groups in total. The maximum absolute atomic E-state index is 12.3. The number of nitrogens with zero attached hydrogens (tertiary/aromatic N) is 6. The van der Waals surface area contributed by atoms with Gasteiger partial charge in [-0.15, -0.1) is 0 Å². The number of ether oxygens (including phenoxy) is 3. The molecule has 15 heteroatoms. The molecule has 5 saturated heterocycles. The fourth-order valence-corrected chi connectivity index (χ4v) is 16.5. The molecule has 0 bridgehead atoms. The van der Waals surface area contributed by atoms with Gasteiger partial charge < -0.3 is 29.5 Å². The molecule has 15 nitrogen and oxygen atoms in total. The summed E-state index contributed by atoms with van der Waals surface area (Å²) in [6, 6.07) is 0.317. The first-order valence-electron chi connectivity index (χ1n) is 29.7. The minimum Gasteiger partial charge on any atom is -0.389 e. The molecule has 0 aliphatic carbocycles. The normalized spacial score (nSPS) is 29.2. The molecule has 5 aliphatic heterocycles. The molecular formula is C60H118N6O9. The number of hydroxylamine groups is 6. The number of aliphatic hydroxyl groups excluding tert-OH is 3. The standard InChI is InChI=1S/C60H118N6O9/c1-24-73-64-55(12,13)31-48(32-56(64,14)15)70-40-45(67)37-61(43-27-51(4,5)62(52(6,7)28-43)38-46(68)41-71-49-33-57(16,17)65(74-25-2)58(18,19)34-49)44-29-53(8,9)63(54(10,11)30-44)39-47(69)42-72-50-35-59(20,21)66(75-26-3)60(22,23)36-50/h43-50,67-69H,24-42H2,1-23H3. The summed E-state index contributed by atoms with van der Waals surface area (Å²) in [5, 5.41) is 42.4. The van der Waals surface area contributed by atoms with E-state index in [-0.39, 0.29) is 106 Å². The Labute approximate surface area is 459 Å². The summed E-state index contributed by atoms with van der Waals surface area (Å²) in [6.07, 6.45) is 6.48. The van der Waals surface area contributed by atoms with Gasteiger partial charge in [-0.2, -0.15) is 15.2 Å². The minimum atomic E-state index is -0.696. The van der Waals surface area contributed by atoms with Gasteiger partial charge in [0.15, 0.2) is 0 Å². The number of hydrogen-bond donors (Lipinski definition) is 3. The summed E-state index contributed by atoms with van der Waals surface area (Å²) in [5.74, 6) is 0. The number of likely N-dealkylation sites (tertiary alicyclic amines) is 2. The van der Waals surface area contributed by atoms with Crippen molar-refractivity contribution >= 4 is 0 Å². The van der Waals surface area contributed by atoms with E-state index >= 15 is 0 Å². The number of rotatable bonds is 23. The SMILES string of the molecule is CCON1C(C)(C)CC(OCC(O)CN(C2CC(C)(C)N(CC(O)COC3CC(C)(C)N(OCC)C(C)(C)C3)C(C)(C)C2)C2CC(C)(C)N(CC(O)COC3CC(C)(C)N(OCC)C(C)(C)C3)C(C)(C)C2)CC1(C)C. The Bertz CT molecular complexity index is 1620. The van der Waals surface area contributed by atoms with Crippen molar-refractivity contribution in [3.63, 3.8) is 0 Å². The van der Waals surface area contributed by atoms with Gasteiger partial charge in [0, 0.05) is 87.1 Å². The van der Waals surface area contributed by atoms with Gasteiger partial charge in [-0.1, -0.05) is 0 Å². The molecule has 3 unspecified atom stereocenters. The van der Waals surface area contributed by atoms with Crippen LogP contribution in [0, 0.1) is 0 Å². The molecule has 0 radical (unpaired) electrons. The van der Waals surface area contributed by atoms with Crippen LogP contribution in [-0.4, -0.2) is 209 Å². The number of hydrogen-bond acceptors (Lipinski definition) is 15. The lowest BCUT2D eigenvalue weighted by Gasteiger charge is -2.61. The van der Waals surface area contributed by atoms with E-state index in [1.165, 1.54) is 0 Å². The molecule has 5 fully saturated rings. The van der Waals surface area contributed by atoms with E-state index in [1.807, 2.05) is 20.8 Å². The summed E-state index contributed by atoms with van der Waals surface area (Å²) < 4.78 is 19.9. The Morgan fingerprint density at radius 3 is 0.813 bits per heavy atom. The van der Waals surface area contributed by atoms with Crippen molar-refractivity contribution in [3.8, 4) is 0 Å². The summed E-state index contributed by atoms with van der Waals surface area (Å²) in [6.45, 7) is 55.7. The number of aliphatic hydroxyl groups is 3. The quantitative estimate of drug-likeness (QED) is 0.0897. The minimum absolute atomic E-state index is 0.00967. The van der Waals surface area contributed by atoms with Crippen molar-refractivity contribution in [3.05, 3.63) is 0 Å². The molecule has 442 valence electrons. The molecule has 5 heterocycles. The van der Waals surface area contributed by atoms with Gasteiger partial charge >= 0.3 is 0 Å². The molecule has 3 atom stereocenters. The number of β-amino-alcohol motifs (C(OH)–C–C–N with tert-alkyl or cyclic N) is 2. The van der Waals surface area contributed by atoms with Crippen LogP contribution in [0.5, 0.6) is 0 Å². The third-order valence-electron chi connectivity index (χ3n) is 18.0. The average Bonchev–Trinajstić information content (AvgIpc) is 3.23. The van der Waals surface area contributed by atoms with Gasteiger partial charge in [0.2, 0.25) is 0 Å². The lowest BCUT2D eigenvalue weighted by molar-refractivity contribution is -0.293. The van der Waals surface area contributed by atoms with Crippen LogP contribution >= 0.6 is 0 Å². The summed E-state index contributed by atoms with van der Waals surface area (Å²) in [7, 11) is 0. The van der Waals surface area contributed by atoms with Crippen LogP contribution in [0.25, 0.3) is 0 Å². The molecule has 0 saturated carbocycles. The van der Waals surface area contributed by atoms with Crippen molar-refractivity contribution in [2.75, 3.05) is 59.3 Å². The fourth-order valence-electron chi connectivity index (χ4n) is 16.5. The first-order chi connectivity index (χ1) is 34.1. The largest absolute Gasteiger partial charge is 0.389 e. The second kappa shape index (κ2) is 24.1. The molecule has 0 aromatic carbocycles. The van der Waals surface area contributed by atoms with Crippen LogP contribution in [0.1, 0.15) is 223 Å². The van der Waals surface area contributed by atoms with Crippen LogP contribution in [0.3, 0.4) is 0 Å². The van der Waals surface area contributed by atoms with Crippen molar-refractivity contribution in [1.82, 2.24) is 29.9 Å². The Morgan fingerprint density at radius 1 is 0.360 bits per heavy atom. The van der Waals surface area contributed by atoms with Gasteiger partial charge in [0.05, 0.1) is 76.3 Å². The molecule has 75 heavy (non-hydrogen) atoms. The van der Waals surface area contributed by atoms with E-state index in [0.29, 0.717) is 39.5 Å². The van der Waals surface area contributed by atoms with E-state index in [0.717, 1.165) is 64.2 Å². The third kappa shape index (κ3) is 15.9. The van der Waals surface area contributed by atoms with Gasteiger partial charge in [0.25, 0.3) is 0 Å². The Morgan fingerprint density at radius 2 is 0.587 bits per heavy atom. The molecule has 5 rings (SSSR count). The molecule has 5 aliphatic rings. The highest BCUT2D eigenvalue weighted by Crippen LogP contribution is 2.47. The second-order valence-corrected chi connectivity index (χ2v) is 30.4. The maximum atomic E-state index is 12.3. The first-order valence-corrected chi connectivity index (χ1v) is 29.7. The van der Waals surface area contributed by atoms with Crippen LogP contribution in [0.2, 0.25) is 0 Å². The Kier molecular flexibility index (Phi) is 20.9. The molecule has 0 aromatic rings. The maximum Gasteiger partial charge on any atom is 0.0900 e. The second-order valence-electron chi connectivity index (χ2n) is 30.4. The molecule has 0 aromatic heterocycles. The third-order valence-corrected chi connectivity index (χ3v) is 18.0. The van der Waals surface area contributed by atoms with E-state index in [2.05, 4.69) is 168 Å². The zero-order valence-corrected chi connectivity index (χ0v) is 52.5. The molecule has 0 amide bonds. The number of piperidine rings is 5. The van der Waals surface area contributed by atoms with Crippen LogP contribution in [0.4, 0.5) is 0 Å². The van der Waals surface area contributed by atoms with Crippen molar-refractivity contribution in [1.29, 1.82) is 0 Å². The lowest BCUT2D eigenvalue weighted by atomic mass is 9.72. The van der Waals surface area contributed by atoms with Crippen LogP contribution in [-0.2, 0) is 28.7 Å². The molecule has 0 spiro atoms. The van der Waals surface area contributed by atoms with Crippen LogP contribution in [0.15, 0.2) is 0 Å². The smallest absolute Gasteiger partial charge is 0.0900 e. The Hall–Kier alpha value is -0.600. The summed E-state index contributed by atoms with van der Waals surface area (Å²) >= 11 is 0. The fraction of sp³-hybridized carbons (Fsp3) is 1.00. The summed E-state index contributed by atoms with van der Waals surface area (Å²) in [4.78, 5) is 26.2. The van der Waals surface area contributed by atoms with E-state index in [9.17, 15) is 15.3 Å². The highest BCUT2D eigenvalue weighted by Gasteiger charge is 2.54. The first kappa shape index (κ1) is 65.2. The van der Waals surface area contributed by atoms with Crippen molar-refractivity contribution < 1.29 is 44.0 Å². The zero-order chi connectivity index (χ0) is 56.8. The van der Waals surface area contributed by atoms with Gasteiger partial charge in [0.1, 0.15) is 0 Å². The lowest BCUT2D eigenvalue weighted by Crippen LogP contribution is -2.70. The van der Waals surface area contributed by atoms with Crippen LogP contribution < -0.4 is 0 Å². The van der Waals surface area contributed by atoms with Gasteiger partial charge in [-0.3, -0.25) is 29.2 Å². The predicted molar refractivity (Wildman–Crippen MR) is 302 cm³/mol. The van der Waals surface area contributed by atoms with Gasteiger partial charge in [-0.05, 0) is 223 Å². The van der Waals surface area contributed by atoms with E-state index in [4.69, 9.17) is 28.7 Å². The van der Waals surface area contributed by atoms with Gasteiger partial charge in [-0.25, -0.2) is 0 Å². The summed E-state index contributed by atoms with van der Waals surface area (Å²) in [5.41, 5.74) is -2.33. The zero-order valence-electron chi connectivity index (χ0n) is 52.5. The van der Waals surface area contributed by atoms with E-state index in [1.54, 1.807) is 0 Å². The average molecular weight is 1070 g/mol. The Balaban J connectivity index is 1.32. The highest BCUT2D eigenvalue weighted by atomic mass is 16.7. The predicted octanol–water partition coefficient (Wildman–Crippen LogP) is 9.38. The monoisotopic (exact) mass is 1070 g/mol. The van der Waals surface area contributed by atoms with Crippen molar-refractivity contribution in [2.45, 2.75) is 328 Å². The van der Waals surface area contributed by atoms with Crippen molar-refractivity contribution in [2.24, 2.45) is 0 Å². The topological polar surface area (TPSA) is 136 Å².